The molecule has 1 aromatic rings. The molecule has 7 nitrogen and oxygen atoms in total. The van der Waals surface area contributed by atoms with Crippen molar-refractivity contribution >= 4 is 17.4 Å². The Morgan fingerprint density at radius 1 is 1.13 bits per heavy atom. The Labute approximate surface area is 175 Å². The van der Waals surface area contributed by atoms with Gasteiger partial charge < -0.3 is 18.5 Å². The van der Waals surface area contributed by atoms with Crippen LogP contribution in [0.25, 0.3) is 0 Å². The van der Waals surface area contributed by atoms with Gasteiger partial charge in [-0.05, 0) is 46.2 Å². The van der Waals surface area contributed by atoms with Crippen LogP contribution in [0.5, 0.6) is 0 Å². The van der Waals surface area contributed by atoms with Crippen molar-refractivity contribution in [2.45, 2.75) is 67.9 Å². The van der Waals surface area contributed by atoms with E-state index in [9.17, 15) is 13.0 Å². The first-order valence-electron chi connectivity index (χ1n) is 9.81. The van der Waals surface area contributed by atoms with Crippen molar-refractivity contribution in [3.8, 4) is 0 Å². The second-order valence-corrected chi connectivity index (χ2v) is 12.0. The number of hydrogen-bond acceptors (Lipinski definition) is 7. The number of ether oxygens (including phenoxy) is 2. The monoisotopic (exact) mass is 468 g/mol. The van der Waals surface area contributed by atoms with Crippen molar-refractivity contribution in [1.82, 2.24) is 0 Å². The molecule has 11 heteroatoms. The number of alkyl halides is 2. The highest BCUT2D eigenvalue weighted by molar-refractivity contribution is 7.92. The number of halogens is 2. The molecule has 1 aliphatic carbocycles. The third-order valence-corrected chi connectivity index (χ3v) is 9.71. The molecule has 2 aliphatic rings. The fourth-order valence-electron chi connectivity index (χ4n) is 4.19. The van der Waals surface area contributed by atoms with Gasteiger partial charge in [-0.15, -0.1) is 0 Å². The summed E-state index contributed by atoms with van der Waals surface area (Å²) in [6, 6.07) is 7.33. The maximum Gasteiger partial charge on any atom is 0.400 e. The number of sulfone groups is 1. The van der Waals surface area contributed by atoms with E-state index < -0.39 is 52.3 Å². The van der Waals surface area contributed by atoms with Gasteiger partial charge in [0.15, 0.2) is 15.6 Å². The van der Waals surface area contributed by atoms with Gasteiger partial charge >= 0.3 is 13.3 Å². The molecule has 0 unspecified atom stereocenters. The predicted molar refractivity (Wildman–Crippen MR) is 105 cm³/mol. The van der Waals surface area contributed by atoms with E-state index in [0.717, 1.165) is 0 Å². The predicted octanol–water partition coefficient (Wildman–Crippen LogP) is 4.23. The van der Waals surface area contributed by atoms with E-state index in [1.807, 2.05) is 0 Å². The van der Waals surface area contributed by atoms with Crippen molar-refractivity contribution in [3.05, 3.63) is 30.3 Å². The van der Waals surface area contributed by atoms with Crippen molar-refractivity contribution in [2.75, 3.05) is 13.2 Å². The molecule has 0 radical (unpaired) electrons. The second kappa shape index (κ2) is 8.22. The molecule has 3 rings (SSSR count). The van der Waals surface area contributed by atoms with Crippen molar-refractivity contribution in [3.63, 3.8) is 0 Å². The third kappa shape index (κ3) is 3.98. The van der Waals surface area contributed by atoms with Gasteiger partial charge in [-0.25, -0.2) is 8.42 Å². The summed E-state index contributed by atoms with van der Waals surface area (Å²) in [6.45, 7) is 5.38. The lowest BCUT2D eigenvalue weighted by atomic mass is 10.1. The quantitative estimate of drug-likeness (QED) is 0.528. The molecule has 1 aliphatic heterocycles. The molecule has 170 valence electrons. The van der Waals surface area contributed by atoms with Gasteiger partial charge in [-0.3, -0.25) is 4.57 Å². The first-order chi connectivity index (χ1) is 13.9. The highest BCUT2D eigenvalue weighted by Crippen LogP contribution is 2.68. The summed E-state index contributed by atoms with van der Waals surface area (Å²) in [6.07, 6.45) is -2.40. The molecule has 0 amide bonds. The maximum absolute atomic E-state index is 15.8. The Morgan fingerprint density at radius 3 is 2.23 bits per heavy atom. The van der Waals surface area contributed by atoms with E-state index in [1.165, 1.54) is 38.1 Å². The fourth-order valence-corrected chi connectivity index (χ4v) is 8.13. The third-order valence-electron chi connectivity index (χ3n) is 5.28. The van der Waals surface area contributed by atoms with Crippen LogP contribution >= 0.6 is 7.60 Å². The van der Waals surface area contributed by atoms with Crippen molar-refractivity contribution < 1.29 is 40.3 Å². The van der Waals surface area contributed by atoms with E-state index in [-0.39, 0.29) is 24.5 Å². The van der Waals surface area contributed by atoms with Crippen LogP contribution in [-0.4, -0.2) is 50.5 Å². The van der Waals surface area contributed by atoms with E-state index in [4.69, 9.17) is 18.5 Å². The summed E-state index contributed by atoms with van der Waals surface area (Å²) in [5.41, 5.74) is -4.12. The average Bonchev–Trinajstić information content (AvgIpc) is 3.15. The molecule has 0 spiro atoms. The zero-order chi connectivity index (χ0) is 22.4. The van der Waals surface area contributed by atoms with Gasteiger partial charge in [-0.2, -0.15) is 8.78 Å². The number of fused-ring (bicyclic) bond motifs is 1. The minimum absolute atomic E-state index is 0.0994. The van der Waals surface area contributed by atoms with Crippen molar-refractivity contribution in [1.29, 1.82) is 0 Å². The molecule has 1 aromatic carbocycles. The molecular formula is C19H27F2O7PS. The highest BCUT2D eigenvalue weighted by atomic mass is 32.2. The highest BCUT2D eigenvalue weighted by Gasteiger charge is 2.71. The van der Waals surface area contributed by atoms with Crippen LogP contribution in [0, 0.1) is 5.92 Å². The molecule has 1 saturated heterocycles. The Bertz CT molecular complexity index is 897. The lowest BCUT2D eigenvalue weighted by Gasteiger charge is -2.35. The Hall–Kier alpha value is -0.900. The zero-order valence-electron chi connectivity index (χ0n) is 17.3. The van der Waals surface area contributed by atoms with Gasteiger partial charge in [0.05, 0.1) is 41.5 Å². The van der Waals surface area contributed by atoms with E-state index in [1.54, 1.807) is 19.9 Å². The van der Waals surface area contributed by atoms with E-state index in [0.29, 0.717) is 0 Å². The minimum atomic E-state index is -4.99. The molecule has 30 heavy (non-hydrogen) atoms. The fraction of sp³-hybridized carbons (Fsp3) is 0.684. The van der Waals surface area contributed by atoms with Crippen LogP contribution in [0.4, 0.5) is 8.78 Å². The molecule has 0 aromatic heterocycles. The standard InChI is InChI=1S/C19H27F2O7PS/c1-5-25-29(22,26-6-2)19(20,21)16-15(12-14-17(16)28-18(3,4)27-14)30(23,24)13-10-8-7-9-11-13/h7-11,14-17H,5-6,12H2,1-4H3/t14-,15+,16-,17-/m1/s1. The smallest absolute Gasteiger partial charge is 0.345 e. The average molecular weight is 468 g/mol. The van der Waals surface area contributed by atoms with Gasteiger partial charge in [0, 0.05) is 0 Å². The first kappa shape index (κ1) is 23.8. The molecule has 1 saturated carbocycles. The summed E-state index contributed by atoms with van der Waals surface area (Å²) >= 11 is 0. The van der Waals surface area contributed by atoms with Crippen LogP contribution in [-0.2, 0) is 32.9 Å². The molecule has 0 N–H and O–H groups in total. The van der Waals surface area contributed by atoms with Gasteiger partial charge in [-0.1, -0.05) is 18.2 Å². The SMILES string of the molecule is CCOP(=O)(OCC)C(F)(F)[C@H]1[C@@H]2OC(C)(C)O[C@@H]2C[C@@H]1S(=O)(=O)c1ccccc1. The second-order valence-electron chi connectivity index (χ2n) is 7.72. The molecule has 4 atom stereocenters. The van der Waals surface area contributed by atoms with Crippen LogP contribution in [0.2, 0.25) is 0 Å². The summed E-state index contributed by atoms with van der Waals surface area (Å²) < 4.78 is 92.6. The molecule has 2 fully saturated rings. The summed E-state index contributed by atoms with van der Waals surface area (Å²) in [5.74, 6) is -3.15. The van der Waals surface area contributed by atoms with Crippen LogP contribution < -0.4 is 0 Å². The number of hydrogen-bond donors (Lipinski definition) is 0. The number of rotatable bonds is 8. The van der Waals surface area contributed by atoms with Crippen LogP contribution in [0.1, 0.15) is 34.1 Å². The maximum atomic E-state index is 15.8. The Morgan fingerprint density at radius 2 is 1.70 bits per heavy atom. The van der Waals surface area contributed by atoms with Gasteiger partial charge in [0.2, 0.25) is 0 Å². The minimum Gasteiger partial charge on any atom is -0.345 e. The van der Waals surface area contributed by atoms with Crippen LogP contribution in [0.15, 0.2) is 35.2 Å². The van der Waals surface area contributed by atoms with E-state index in [2.05, 4.69) is 0 Å². The zero-order valence-corrected chi connectivity index (χ0v) is 19.0. The molecule has 1 heterocycles. The normalized spacial score (nSPS) is 29.1. The number of benzene rings is 1. The topological polar surface area (TPSA) is 88.1 Å². The molecule has 0 bridgehead atoms. The Balaban J connectivity index is 2.11. The van der Waals surface area contributed by atoms with Gasteiger partial charge in [0.1, 0.15) is 0 Å². The van der Waals surface area contributed by atoms with Crippen LogP contribution in [0.3, 0.4) is 0 Å². The molecular weight excluding hydrogens is 441 g/mol. The summed E-state index contributed by atoms with van der Waals surface area (Å²) in [5, 5.41) is -1.59. The largest absolute Gasteiger partial charge is 0.400 e. The van der Waals surface area contributed by atoms with Gasteiger partial charge in [0.25, 0.3) is 0 Å². The Kier molecular flexibility index (Phi) is 6.51. The lowest BCUT2D eigenvalue weighted by Crippen LogP contribution is -2.45. The first-order valence-corrected chi connectivity index (χ1v) is 12.9. The lowest BCUT2D eigenvalue weighted by molar-refractivity contribution is -0.166. The summed E-state index contributed by atoms with van der Waals surface area (Å²) in [7, 11) is -9.21. The summed E-state index contributed by atoms with van der Waals surface area (Å²) in [4.78, 5) is -0.0994. The van der Waals surface area contributed by atoms with E-state index >= 15 is 8.78 Å². The van der Waals surface area contributed by atoms with Crippen molar-refractivity contribution in [2.24, 2.45) is 5.92 Å².